The SMILES string of the molecule is Cn1nncc1S(=O)(=O)N1CCC(c2nc(-c3ccccc3)no2)(C(F)(F)F)C1. The minimum absolute atomic E-state index is 0.00127. The van der Waals surface area contributed by atoms with Gasteiger partial charge in [0, 0.05) is 25.7 Å². The number of hydrogen-bond acceptors (Lipinski definition) is 7. The van der Waals surface area contributed by atoms with Crippen molar-refractivity contribution in [3.63, 3.8) is 0 Å². The van der Waals surface area contributed by atoms with Gasteiger partial charge in [-0.2, -0.15) is 22.5 Å². The summed E-state index contributed by atoms with van der Waals surface area (Å²) in [4.78, 5) is 3.95. The molecule has 0 radical (unpaired) electrons. The number of sulfonamides is 1. The zero-order chi connectivity index (χ0) is 20.9. The van der Waals surface area contributed by atoms with Crippen LogP contribution < -0.4 is 0 Å². The molecule has 1 aliphatic heterocycles. The molecule has 0 saturated carbocycles. The van der Waals surface area contributed by atoms with Crippen LogP contribution in [0.5, 0.6) is 0 Å². The second-order valence-corrected chi connectivity index (χ2v) is 8.54. The van der Waals surface area contributed by atoms with Crippen molar-refractivity contribution in [1.29, 1.82) is 0 Å². The highest BCUT2D eigenvalue weighted by molar-refractivity contribution is 7.89. The molecule has 3 heterocycles. The van der Waals surface area contributed by atoms with Gasteiger partial charge in [0.05, 0.1) is 6.20 Å². The molecule has 3 aromatic rings. The highest BCUT2D eigenvalue weighted by atomic mass is 32.2. The lowest BCUT2D eigenvalue weighted by molar-refractivity contribution is -0.192. The molecule has 154 valence electrons. The molecule has 4 rings (SSSR count). The first kappa shape index (κ1) is 19.5. The predicted molar refractivity (Wildman–Crippen MR) is 91.8 cm³/mol. The first-order valence-corrected chi connectivity index (χ1v) is 9.90. The van der Waals surface area contributed by atoms with Crippen LogP contribution in [0.4, 0.5) is 13.2 Å². The van der Waals surface area contributed by atoms with Crippen molar-refractivity contribution >= 4 is 10.0 Å². The maximum absolute atomic E-state index is 14.1. The molecule has 0 spiro atoms. The maximum Gasteiger partial charge on any atom is 0.404 e. The third kappa shape index (κ3) is 3.09. The van der Waals surface area contributed by atoms with Crippen LogP contribution in [0, 0.1) is 0 Å². The molecule has 29 heavy (non-hydrogen) atoms. The predicted octanol–water partition coefficient (Wildman–Crippen LogP) is 1.76. The van der Waals surface area contributed by atoms with E-state index in [2.05, 4.69) is 20.5 Å². The number of nitrogens with zero attached hydrogens (tertiary/aromatic N) is 6. The fraction of sp³-hybridized carbons (Fsp3) is 0.375. The van der Waals surface area contributed by atoms with Crippen LogP contribution in [0.25, 0.3) is 11.4 Å². The van der Waals surface area contributed by atoms with Crippen LogP contribution in [-0.2, 0) is 22.5 Å². The molecule has 0 N–H and O–H groups in total. The highest BCUT2D eigenvalue weighted by Crippen LogP contribution is 2.48. The molecule has 1 fully saturated rings. The van der Waals surface area contributed by atoms with E-state index in [1.54, 1.807) is 30.3 Å². The summed E-state index contributed by atoms with van der Waals surface area (Å²) in [5.74, 6) is -0.661. The van der Waals surface area contributed by atoms with Gasteiger partial charge in [-0.05, 0) is 6.42 Å². The largest absolute Gasteiger partial charge is 0.404 e. The zero-order valence-electron chi connectivity index (χ0n) is 15.0. The van der Waals surface area contributed by atoms with Crippen LogP contribution in [-0.4, -0.2) is 57.1 Å². The van der Waals surface area contributed by atoms with Gasteiger partial charge in [0.25, 0.3) is 10.0 Å². The average Bonchev–Trinajstić information content (AvgIpc) is 3.41. The Hall–Kier alpha value is -2.80. The number of hydrogen-bond donors (Lipinski definition) is 0. The van der Waals surface area contributed by atoms with Crippen molar-refractivity contribution in [2.45, 2.75) is 23.0 Å². The zero-order valence-corrected chi connectivity index (χ0v) is 15.9. The Labute approximate surface area is 163 Å². The Morgan fingerprint density at radius 3 is 2.55 bits per heavy atom. The minimum atomic E-state index is -4.80. The molecule has 1 aliphatic rings. The second-order valence-electron chi connectivity index (χ2n) is 6.65. The first-order chi connectivity index (χ1) is 13.6. The topological polar surface area (TPSA) is 107 Å². The summed E-state index contributed by atoms with van der Waals surface area (Å²) in [6.07, 6.45) is -4.36. The van der Waals surface area contributed by atoms with Crippen molar-refractivity contribution in [3.8, 4) is 11.4 Å². The summed E-state index contributed by atoms with van der Waals surface area (Å²) in [6, 6.07) is 8.40. The molecule has 1 aromatic carbocycles. The summed E-state index contributed by atoms with van der Waals surface area (Å²) in [5, 5.41) is 10.4. The Morgan fingerprint density at radius 2 is 1.93 bits per heavy atom. The summed E-state index contributed by atoms with van der Waals surface area (Å²) in [5.41, 5.74) is -2.12. The van der Waals surface area contributed by atoms with Gasteiger partial charge in [-0.1, -0.05) is 40.7 Å². The van der Waals surface area contributed by atoms with E-state index < -0.39 is 40.5 Å². The maximum atomic E-state index is 14.1. The van der Waals surface area contributed by atoms with Crippen LogP contribution >= 0.6 is 0 Å². The Balaban J connectivity index is 1.72. The van der Waals surface area contributed by atoms with E-state index in [4.69, 9.17) is 4.52 Å². The van der Waals surface area contributed by atoms with Crippen LogP contribution in [0.3, 0.4) is 0 Å². The van der Waals surface area contributed by atoms with Crippen molar-refractivity contribution in [2.75, 3.05) is 13.1 Å². The molecule has 1 saturated heterocycles. The lowest BCUT2D eigenvalue weighted by Crippen LogP contribution is -2.46. The fourth-order valence-electron chi connectivity index (χ4n) is 3.28. The fourth-order valence-corrected chi connectivity index (χ4v) is 4.81. The van der Waals surface area contributed by atoms with Gasteiger partial charge in [0.15, 0.2) is 10.4 Å². The Bertz CT molecular complexity index is 1130. The van der Waals surface area contributed by atoms with Crippen LogP contribution in [0.1, 0.15) is 12.3 Å². The van der Waals surface area contributed by atoms with Crippen molar-refractivity contribution in [3.05, 3.63) is 42.4 Å². The molecule has 9 nitrogen and oxygen atoms in total. The van der Waals surface area contributed by atoms with Gasteiger partial charge < -0.3 is 4.52 Å². The number of aromatic nitrogens is 5. The molecular formula is C16H15F3N6O3S. The van der Waals surface area contributed by atoms with Crippen molar-refractivity contribution in [2.24, 2.45) is 7.05 Å². The summed E-state index contributed by atoms with van der Waals surface area (Å²) in [7, 11) is -2.88. The Kier molecular flexibility index (Phi) is 4.46. The van der Waals surface area contributed by atoms with E-state index in [0.717, 1.165) is 15.2 Å². The lowest BCUT2D eigenvalue weighted by atomic mass is 9.86. The van der Waals surface area contributed by atoms with E-state index in [1.165, 1.54) is 7.05 Å². The van der Waals surface area contributed by atoms with Crippen LogP contribution in [0.2, 0.25) is 0 Å². The molecule has 2 aromatic heterocycles. The molecule has 0 amide bonds. The quantitative estimate of drug-likeness (QED) is 0.623. The third-order valence-electron chi connectivity index (χ3n) is 4.92. The summed E-state index contributed by atoms with van der Waals surface area (Å²) in [6.45, 7) is -1.24. The van der Waals surface area contributed by atoms with E-state index >= 15 is 0 Å². The van der Waals surface area contributed by atoms with E-state index in [1.807, 2.05) is 0 Å². The number of aryl methyl sites for hydroxylation is 1. The molecule has 1 unspecified atom stereocenters. The van der Waals surface area contributed by atoms with Crippen molar-refractivity contribution in [1.82, 2.24) is 29.4 Å². The second kappa shape index (κ2) is 6.62. The number of rotatable bonds is 4. The first-order valence-electron chi connectivity index (χ1n) is 8.46. The summed E-state index contributed by atoms with van der Waals surface area (Å²) < 4.78 is 74.6. The standard InChI is InChI=1S/C16H15F3N6O3S/c1-24-12(9-20-23-24)29(26,27)25-8-7-15(10-25,16(17,18)19)14-21-13(22-28-14)11-5-3-2-4-6-11/h2-6,9H,7-8,10H2,1H3. The van der Waals surface area contributed by atoms with Gasteiger partial charge in [-0.15, -0.1) is 5.10 Å². The molecule has 0 bridgehead atoms. The molecular weight excluding hydrogens is 413 g/mol. The number of alkyl halides is 3. The van der Waals surface area contributed by atoms with E-state index in [9.17, 15) is 21.6 Å². The third-order valence-corrected chi connectivity index (χ3v) is 6.81. The normalized spacial score (nSPS) is 21.0. The minimum Gasteiger partial charge on any atom is -0.338 e. The van der Waals surface area contributed by atoms with E-state index in [-0.39, 0.29) is 17.4 Å². The van der Waals surface area contributed by atoms with Gasteiger partial charge >= 0.3 is 6.18 Å². The molecule has 0 aliphatic carbocycles. The highest BCUT2D eigenvalue weighted by Gasteiger charge is 2.64. The molecule has 13 heteroatoms. The Morgan fingerprint density at radius 1 is 1.21 bits per heavy atom. The van der Waals surface area contributed by atoms with Gasteiger partial charge in [0.2, 0.25) is 11.7 Å². The van der Waals surface area contributed by atoms with Gasteiger partial charge in [-0.25, -0.2) is 13.1 Å². The van der Waals surface area contributed by atoms with Crippen LogP contribution in [0.15, 0.2) is 46.1 Å². The van der Waals surface area contributed by atoms with Gasteiger partial charge in [-0.3, -0.25) is 0 Å². The smallest absolute Gasteiger partial charge is 0.338 e. The lowest BCUT2D eigenvalue weighted by Gasteiger charge is -2.27. The molecule has 1 atom stereocenters. The average molecular weight is 428 g/mol. The van der Waals surface area contributed by atoms with Crippen molar-refractivity contribution < 1.29 is 26.1 Å². The number of halogens is 3. The monoisotopic (exact) mass is 428 g/mol. The van der Waals surface area contributed by atoms with E-state index in [0.29, 0.717) is 5.56 Å². The summed E-state index contributed by atoms with van der Waals surface area (Å²) >= 11 is 0. The van der Waals surface area contributed by atoms with Gasteiger partial charge in [0.1, 0.15) is 0 Å². The number of benzene rings is 1.